The number of hydrogen-bond acceptors (Lipinski definition) is 3. The lowest BCUT2D eigenvalue weighted by molar-refractivity contribution is 0.241. The quantitative estimate of drug-likeness (QED) is 0.775. The highest BCUT2D eigenvalue weighted by Crippen LogP contribution is 2.36. The summed E-state index contributed by atoms with van der Waals surface area (Å²) in [6, 6.07) is 0. The molecule has 1 saturated heterocycles. The van der Waals surface area contributed by atoms with Crippen molar-refractivity contribution in [3.05, 3.63) is 11.8 Å². The van der Waals surface area contributed by atoms with E-state index in [0.29, 0.717) is 5.41 Å². The zero-order chi connectivity index (χ0) is 14.8. The molecule has 2 rings (SSSR count). The van der Waals surface area contributed by atoms with Crippen LogP contribution in [0.1, 0.15) is 66.7 Å². The maximum absolute atomic E-state index is 4.66. The summed E-state index contributed by atoms with van der Waals surface area (Å²) in [7, 11) is 0. The molecule has 0 unspecified atom stereocenters. The molecule has 0 aromatic rings. The molecule has 20 heavy (non-hydrogen) atoms. The summed E-state index contributed by atoms with van der Waals surface area (Å²) in [6.07, 6.45) is 8.64. The van der Waals surface area contributed by atoms with E-state index in [4.69, 9.17) is 0 Å². The van der Waals surface area contributed by atoms with Crippen molar-refractivity contribution in [1.82, 2.24) is 10.3 Å². The van der Waals surface area contributed by atoms with Crippen LogP contribution in [0, 0.1) is 5.41 Å². The minimum Gasteiger partial charge on any atom is -0.375 e. The van der Waals surface area contributed by atoms with Gasteiger partial charge in [-0.05, 0) is 64.4 Å². The molecular formula is C17H31N3. The van der Waals surface area contributed by atoms with E-state index >= 15 is 0 Å². The lowest BCUT2D eigenvalue weighted by atomic mass is 9.78. The van der Waals surface area contributed by atoms with Crippen molar-refractivity contribution < 1.29 is 0 Å². The third-order valence-electron chi connectivity index (χ3n) is 3.95. The number of piperidine rings is 1. The van der Waals surface area contributed by atoms with Crippen LogP contribution in [0.25, 0.3) is 0 Å². The smallest absolute Gasteiger partial charge is 0.0625 e. The van der Waals surface area contributed by atoms with E-state index in [9.17, 15) is 0 Å². The van der Waals surface area contributed by atoms with Gasteiger partial charge in [0.15, 0.2) is 0 Å². The molecule has 3 heteroatoms. The standard InChI is InChI=1S/C17H31N3/c1-16(2,3)19-18-14-11-15(13-17(4,5)12-14)20-9-7-6-8-10-20/h11,19H,6-10,12-13H2,1-5H3. The normalized spacial score (nSPS) is 25.6. The Kier molecular flexibility index (Phi) is 4.46. The molecule has 1 aliphatic carbocycles. The number of hydrogen-bond donors (Lipinski definition) is 1. The van der Waals surface area contributed by atoms with E-state index in [1.54, 1.807) is 0 Å². The Bertz CT molecular complexity index is 393. The van der Waals surface area contributed by atoms with Crippen LogP contribution in [0.5, 0.6) is 0 Å². The lowest BCUT2D eigenvalue weighted by Crippen LogP contribution is -2.36. The molecular weight excluding hydrogens is 246 g/mol. The number of hydrazone groups is 1. The molecule has 0 spiro atoms. The Morgan fingerprint density at radius 3 is 2.35 bits per heavy atom. The molecule has 0 aromatic carbocycles. The average Bonchev–Trinajstić information content (AvgIpc) is 2.35. The van der Waals surface area contributed by atoms with Crippen LogP contribution >= 0.6 is 0 Å². The first-order valence-electron chi connectivity index (χ1n) is 8.04. The largest absolute Gasteiger partial charge is 0.375 e. The van der Waals surface area contributed by atoms with E-state index in [1.807, 2.05) is 0 Å². The lowest BCUT2D eigenvalue weighted by Gasteiger charge is -2.38. The van der Waals surface area contributed by atoms with Crippen molar-refractivity contribution in [2.75, 3.05) is 13.1 Å². The van der Waals surface area contributed by atoms with Crippen LogP contribution in [-0.2, 0) is 0 Å². The molecule has 0 radical (unpaired) electrons. The van der Waals surface area contributed by atoms with Gasteiger partial charge in [-0.3, -0.25) is 0 Å². The van der Waals surface area contributed by atoms with E-state index in [2.05, 4.69) is 56.1 Å². The number of rotatable bonds is 2. The fourth-order valence-electron chi connectivity index (χ4n) is 3.03. The van der Waals surface area contributed by atoms with Crippen LogP contribution < -0.4 is 5.43 Å². The number of nitrogens with one attached hydrogen (secondary N) is 1. The van der Waals surface area contributed by atoms with Crippen LogP contribution in [-0.4, -0.2) is 29.2 Å². The van der Waals surface area contributed by atoms with Gasteiger partial charge in [-0.25, -0.2) is 0 Å². The number of likely N-dealkylation sites (tertiary alicyclic amines) is 1. The van der Waals surface area contributed by atoms with Gasteiger partial charge in [0.2, 0.25) is 0 Å². The van der Waals surface area contributed by atoms with Gasteiger partial charge in [0, 0.05) is 24.3 Å². The summed E-state index contributed by atoms with van der Waals surface area (Å²) in [6.45, 7) is 13.6. The average molecular weight is 277 g/mol. The van der Waals surface area contributed by atoms with Crippen molar-refractivity contribution >= 4 is 5.71 Å². The number of allylic oxidation sites excluding steroid dienone is 2. The summed E-state index contributed by atoms with van der Waals surface area (Å²) in [5, 5.41) is 4.66. The summed E-state index contributed by atoms with van der Waals surface area (Å²) in [5.74, 6) is 0. The highest BCUT2D eigenvalue weighted by atomic mass is 15.3. The topological polar surface area (TPSA) is 27.6 Å². The van der Waals surface area contributed by atoms with Crippen LogP contribution in [0.2, 0.25) is 0 Å². The van der Waals surface area contributed by atoms with Gasteiger partial charge in [0.25, 0.3) is 0 Å². The molecule has 0 amide bonds. The minimum absolute atomic E-state index is 0.0354. The first kappa shape index (κ1) is 15.4. The molecule has 1 heterocycles. The van der Waals surface area contributed by atoms with E-state index in [0.717, 1.165) is 6.42 Å². The van der Waals surface area contributed by atoms with Crippen LogP contribution in [0.3, 0.4) is 0 Å². The van der Waals surface area contributed by atoms with Gasteiger partial charge < -0.3 is 10.3 Å². The molecule has 1 aliphatic heterocycles. The SMILES string of the molecule is CC1(C)CC(N2CCCCC2)=CC(=NNC(C)(C)C)C1. The van der Waals surface area contributed by atoms with Crippen molar-refractivity contribution in [3.8, 4) is 0 Å². The maximum Gasteiger partial charge on any atom is 0.0625 e. The first-order valence-corrected chi connectivity index (χ1v) is 8.04. The second kappa shape index (κ2) is 5.79. The van der Waals surface area contributed by atoms with Gasteiger partial charge in [-0.2, -0.15) is 5.10 Å². The van der Waals surface area contributed by atoms with Crippen LogP contribution in [0.4, 0.5) is 0 Å². The minimum atomic E-state index is 0.0354. The molecule has 1 fully saturated rings. The summed E-state index contributed by atoms with van der Waals surface area (Å²) in [4.78, 5) is 2.58. The molecule has 0 saturated carbocycles. The molecule has 0 aromatic heterocycles. The Balaban J connectivity index is 2.15. The summed E-state index contributed by atoms with van der Waals surface area (Å²) in [5.41, 5.74) is 6.33. The second-order valence-corrected chi connectivity index (χ2v) is 8.17. The molecule has 3 nitrogen and oxygen atoms in total. The van der Waals surface area contributed by atoms with Gasteiger partial charge in [-0.1, -0.05) is 13.8 Å². The van der Waals surface area contributed by atoms with Gasteiger partial charge in [0.05, 0.1) is 5.71 Å². The Labute approximate surface area is 124 Å². The van der Waals surface area contributed by atoms with Gasteiger partial charge in [0.1, 0.15) is 0 Å². The van der Waals surface area contributed by atoms with Crippen molar-refractivity contribution in [1.29, 1.82) is 0 Å². The zero-order valence-electron chi connectivity index (χ0n) is 13.9. The summed E-state index contributed by atoms with van der Waals surface area (Å²) < 4.78 is 0. The summed E-state index contributed by atoms with van der Waals surface area (Å²) >= 11 is 0. The third kappa shape index (κ3) is 4.53. The first-order chi connectivity index (χ1) is 9.25. The molecule has 0 bridgehead atoms. The monoisotopic (exact) mass is 277 g/mol. The Morgan fingerprint density at radius 2 is 1.75 bits per heavy atom. The van der Waals surface area contributed by atoms with Gasteiger partial charge in [-0.15, -0.1) is 0 Å². The number of nitrogens with zero attached hydrogens (tertiary/aromatic N) is 2. The fraction of sp³-hybridized carbons (Fsp3) is 0.824. The van der Waals surface area contributed by atoms with Crippen molar-refractivity contribution in [3.63, 3.8) is 0 Å². The van der Waals surface area contributed by atoms with E-state index < -0.39 is 0 Å². The second-order valence-electron chi connectivity index (χ2n) is 8.17. The van der Waals surface area contributed by atoms with Gasteiger partial charge >= 0.3 is 0 Å². The highest BCUT2D eigenvalue weighted by molar-refractivity contribution is 5.96. The highest BCUT2D eigenvalue weighted by Gasteiger charge is 2.29. The predicted octanol–water partition coefficient (Wildman–Crippen LogP) is 3.92. The maximum atomic E-state index is 4.66. The Hall–Kier alpha value is -0.990. The molecule has 0 atom stereocenters. The third-order valence-corrected chi connectivity index (χ3v) is 3.95. The molecule has 1 N–H and O–H groups in total. The molecule has 2 aliphatic rings. The van der Waals surface area contributed by atoms with Crippen molar-refractivity contribution in [2.24, 2.45) is 10.5 Å². The Morgan fingerprint density at radius 1 is 1.10 bits per heavy atom. The predicted molar refractivity (Wildman–Crippen MR) is 86.8 cm³/mol. The zero-order valence-corrected chi connectivity index (χ0v) is 13.9. The van der Waals surface area contributed by atoms with E-state index in [1.165, 1.54) is 50.2 Å². The molecule has 114 valence electrons. The van der Waals surface area contributed by atoms with Crippen molar-refractivity contribution in [2.45, 2.75) is 72.3 Å². The fourth-order valence-corrected chi connectivity index (χ4v) is 3.03. The van der Waals surface area contributed by atoms with E-state index in [-0.39, 0.29) is 5.54 Å². The van der Waals surface area contributed by atoms with Crippen LogP contribution in [0.15, 0.2) is 16.9 Å².